The molecule has 0 aliphatic rings. The summed E-state index contributed by atoms with van der Waals surface area (Å²) in [7, 11) is 10.4. The number of hydrogen-bond donors (Lipinski definition) is 0. The lowest BCUT2D eigenvalue weighted by Crippen LogP contribution is -2.21. The fourth-order valence-electron chi connectivity index (χ4n) is 1.52. The average Bonchev–Trinajstić information content (AvgIpc) is 2.26. The van der Waals surface area contributed by atoms with E-state index in [1.807, 2.05) is 25.1 Å². The number of amides is 1. The molecule has 0 bridgehead atoms. The van der Waals surface area contributed by atoms with E-state index in [4.69, 9.17) is 10.7 Å². The number of aryl methyl sites for hydroxylation is 2. The molecule has 0 aromatic heterocycles. The Morgan fingerprint density at radius 3 is 2.62 bits per heavy atom. The van der Waals surface area contributed by atoms with Crippen LogP contribution in [0.4, 0.5) is 0 Å². The number of carbonyl (C=O) groups is 1. The third-order valence-electron chi connectivity index (χ3n) is 2.44. The second-order valence-electron chi connectivity index (χ2n) is 3.90. The molecule has 1 rings (SSSR count). The van der Waals surface area contributed by atoms with Gasteiger partial charge in [-0.1, -0.05) is 17.0 Å². The van der Waals surface area contributed by atoms with E-state index in [-0.39, 0.29) is 5.91 Å². The zero-order valence-electron chi connectivity index (χ0n) is 9.79. The molecule has 16 heavy (non-hydrogen) atoms. The molecule has 0 fully saturated rings. The first-order valence-corrected chi connectivity index (χ1v) is 6.92. The molecular formula is C12H16ClNOS. The predicted molar refractivity (Wildman–Crippen MR) is 71.2 cm³/mol. The van der Waals surface area contributed by atoms with Crippen LogP contribution in [-0.4, -0.2) is 30.7 Å². The van der Waals surface area contributed by atoms with Gasteiger partial charge in [-0.2, -0.15) is 0 Å². The van der Waals surface area contributed by atoms with Gasteiger partial charge in [0.2, 0.25) is 0 Å². The van der Waals surface area contributed by atoms with Crippen LogP contribution in [0.5, 0.6) is 0 Å². The van der Waals surface area contributed by atoms with Crippen molar-refractivity contribution in [1.29, 1.82) is 0 Å². The van der Waals surface area contributed by atoms with E-state index in [1.54, 1.807) is 19.0 Å². The lowest BCUT2D eigenvalue weighted by molar-refractivity contribution is 0.0827. The zero-order chi connectivity index (χ0) is 12.1. The molecule has 1 aromatic carbocycles. The standard InChI is InChI=1S/C12H16ClNOS/c1-9-8-11(12(15)14(2)3)5-4-10(9)6-7-16-13/h4-5,8H,6-7H2,1-3H3. The molecule has 2 nitrogen and oxygen atoms in total. The van der Waals surface area contributed by atoms with Crippen LogP contribution in [0.2, 0.25) is 0 Å². The van der Waals surface area contributed by atoms with Crippen molar-refractivity contribution in [2.75, 3.05) is 19.8 Å². The molecule has 1 aromatic rings. The highest BCUT2D eigenvalue weighted by Crippen LogP contribution is 2.16. The van der Waals surface area contributed by atoms with Crippen LogP contribution in [0.3, 0.4) is 0 Å². The molecule has 0 saturated carbocycles. The third kappa shape index (κ3) is 3.42. The van der Waals surface area contributed by atoms with Crippen molar-refractivity contribution in [3.8, 4) is 0 Å². The Morgan fingerprint density at radius 2 is 2.12 bits per heavy atom. The molecule has 1 amide bonds. The average molecular weight is 258 g/mol. The highest BCUT2D eigenvalue weighted by Gasteiger charge is 2.09. The summed E-state index contributed by atoms with van der Waals surface area (Å²) in [6, 6.07) is 5.83. The van der Waals surface area contributed by atoms with E-state index >= 15 is 0 Å². The Balaban J connectivity index is 2.86. The predicted octanol–water partition coefficient (Wildman–Crippen LogP) is 3.13. The lowest BCUT2D eigenvalue weighted by Gasteiger charge is -2.12. The smallest absolute Gasteiger partial charge is 0.253 e. The molecule has 0 heterocycles. The Hall–Kier alpha value is -0.670. The van der Waals surface area contributed by atoms with Gasteiger partial charge in [-0.3, -0.25) is 4.79 Å². The van der Waals surface area contributed by atoms with Crippen molar-refractivity contribution < 1.29 is 4.79 Å². The minimum atomic E-state index is 0.0429. The molecular weight excluding hydrogens is 242 g/mol. The van der Waals surface area contributed by atoms with Crippen molar-refractivity contribution in [2.24, 2.45) is 0 Å². The highest BCUT2D eigenvalue weighted by molar-refractivity contribution is 8.21. The molecule has 0 aliphatic heterocycles. The number of carbonyl (C=O) groups excluding carboxylic acids is 1. The maximum Gasteiger partial charge on any atom is 0.253 e. The van der Waals surface area contributed by atoms with Crippen LogP contribution in [0.15, 0.2) is 18.2 Å². The van der Waals surface area contributed by atoms with Crippen LogP contribution < -0.4 is 0 Å². The minimum absolute atomic E-state index is 0.0429. The molecule has 4 heteroatoms. The van der Waals surface area contributed by atoms with Gasteiger partial charge in [0.1, 0.15) is 0 Å². The lowest BCUT2D eigenvalue weighted by atomic mass is 10.0. The first-order valence-electron chi connectivity index (χ1n) is 5.11. The Bertz CT molecular complexity index is 379. The van der Waals surface area contributed by atoms with Crippen LogP contribution >= 0.6 is 21.7 Å². The second-order valence-corrected chi connectivity index (χ2v) is 5.19. The molecule has 0 radical (unpaired) electrons. The molecule has 0 N–H and O–H groups in total. The number of hydrogen-bond acceptors (Lipinski definition) is 2. The number of benzene rings is 1. The summed E-state index contributed by atoms with van der Waals surface area (Å²) >= 11 is 0. The van der Waals surface area contributed by atoms with Crippen LogP contribution in [-0.2, 0) is 6.42 Å². The normalized spacial score (nSPS) is 10.2. The minimum Gasteiger partial charge on any atom is -0.345 e. The van der Waals surface area contributed by atoms with E-state index in [0.29, 0.717) is 0 Å². The zero-order valence-corrected chi connectivity index (χ0v) is 11.4. The SMILES string of the molecule is Cc1cc(C(=O)N(C)C)ccc1CCSCl. The number of rotatable bonds is 4. The maximum atomic E-state index is 11.7. The van der Waals surface area contributed by atoms with Gasteiger partial charge in [0.25, 0.3) is 5.91 Å². The fourth-order valence-corrected chi connectivity index (χ4v) is 2.04. The quantitative estimate of drug-likeness (QED) is 0.826. The summed E-state index contributed by atoms with van der Waals surface area (Å²) in [5, 5.41) is 0. The van der Waals surface area contributed by atoms with E-state index in [1.165, 1.54) is 16.5 Å². The third-order valence-corrected chi connectivity index (χ3v) is 3.27. The Kier molecular flexibility index (Phi) is 5.16. The molecule has 0 aliphatic carbocycles. The van der Waals surface area contributed by atoms with Crippen molar-refractivity contribution in [1.82, 2.24) is 4.90 Å². The molecule has 88 valence electrons. The van der Waals surface area contributed by atoms with Gasteiger partial charge in [-0.15, -0.1) is 0 Å². The van der Waals surface area contributed by atoms with Gasteiger partial charge in [-0.25, -0.2) is 0 Å². The molecule has 0 atom stereocenters. The second kappa shape index (κ2) is 6.16. The number of halogens is 1. The largest absolute Gasteiger partial charge is 0.345 e. The van der Waals surface area contributed by atoms with Crippen molar-refractivity contribution in [2.45, 2.75) is 13.3 Å². The topological polar surface area (TPSA) is 20.3 Å². The van der Waals surface area contributed by atoms with Gasteiger partial charge in [0.05, 0.1) is 0 Å². The summed E-state index contributed by atoms with van der Waals surface area (Å²) in [4.78, 5) is 13.3. The summed E-state index contributed by atoms with van der Waals surface area (Å²) < 4.78 is 0. The van der Waals surface area contributed by atoms with Gasteiger partial charge in [0.15, 0.2) is 0 Å². The van der Waals surface area contributed by atoms with Crippen molar-refractivity contribution >= 4 is 27.6 Å². The van der Waals surface area contributed by atoms with E-state index in [9.17, 15) is 4.79 Å². The summed E-state index contributed by atoms with van der Waals surface area (Å²) in [6.07, 6.45) is 0.941. The summed E-state index contributed by atoms with van der Waals surface area (Å²) in [5.41, 5.74) is 3.15. The van der Waals surface area contributed by atoms with E-state index in [0.717, 1.165) is 23.3 Å². The highest BCUT2D eigenvalue weighted by atomic mass is 35.7. The van der Waals surface area contributed by atoms with Crippen LogP contribution in [0.25, 0.3) is 0 Å². The van der Waals surface area contributed by atoms with Crippen LogP contribution in [0, 0.1) is 6.92 Å². The fraction of sp³-hybridized carbons (Fsp3) is 0.417. The van der Waals surface area contributed by atoms with Gasteiger partial charge in [-0.05, 0) is 47.3 Å². The van der Waals surface area contributed by atoms with E-state index < -0.39 is 0 Å². The Morgan fingerprint density at radius 1 is 1.44 bits per heavy atom. The molecule has 0 unspecified atom stereocenters. The van der Waals surface area contributed by atoms with Crippen LogP contribution in [0.1, 0.15) is 21.5 Å². The van der Waals surface area contributed by atoms with Gasteiger partial charge >= 0.3 is 0 Å². The first kappa shape index (κ1) is 13.4. The summed E-state index contributed by atoms with van der Waals surface area (Å²) in [6.45, 7) is 2.03. The number of nitrogens with zero attached hydrogens (tertiary/aromatic N) is 1. The van der Waals surface area contributed by atoms with Crippen molar-refractivity contribution in [3.63, 3.8) is 0 Å². The summed E-state index contributed by atoms with van der Waals surface area (Å²) in [5.74, 6) is 0.935. The van der Waals surface area contributed by atoms with Gasteiger partial charge < -0.3 is 4.90 Å². The van der Waals surface area contributed by atoms with Gasteiger partial charge in [0, 0.05) is 25.4 Å². The molecule has 0 saturated heterocycles. The maximum absolute atomic E-state index is 11.7. The monoisotopic (exact) mass is 257 g/mol. The Labute approximate surface area is 105 Å². The van der Waals surface area contributed by atoms with Crippen molar-refractivity contribution in [3.05, 3.63) is 34.9 Å². The molecule has 0 spiro atoms. The van der Waals surface area contributed by atoms with E-state index in [2.05, 4.69) is 0 Å². The first-order chi connectivity index (χ1) is 7.56.